The average molecular weight is 168 g/mol. The van der Waals surface area contributed by atoms with Gasteiger partial charge in [0.25, 0.3) is 0 Å². The summed E-state index contributed by atoms with van der Waals surface area (Å²) in [6.45, 7) is 1.73. The summed E-state index contributed by atoms with van der Waals surface area (Å²) in [6, 6.07) is 0. The Morgan fingerprint density at radius 1 is 1.50 bits per heavy atom. The van der Waals surface area contributed by atoms with Crippen LogP contribution in [0.1, 0.15) is 19.8 Å². The second-order valence-electron chi connectivity index (χ2n) is 2.88. The smallest absolute Gasteiger partial charge is 0.246 e. The first kappa shape index (κ1) is 8.77. The number of allylic oxidation sites excluding steroid dienone is 1. The van der Waals surface area contributed by atoms with Crippen LogP contribution in [0.4, 0.5) is 0 Å². The van der Waals surface area contributed by atoms with E-state index < -0.39 is 5.91 Å². The SMILES string of the molecule is CC1=C(C(N)=O)CCC(=O)N1C. The van der Waals surface area contributed by atoms with Crippen molar-refractivity contribution in [2.45, 2.75) is 19.8 Å². The largest absolute Gasteiger partial charge is 0.366 e. The van der Waals surface area contributed by atoms with E-state index in [9.17, 15) is 9.59 Å². The molecule has 0 aromatic heterocycles. The van der Waals surface area contributed by atoms with Gasteiger partial charge in [0.15, 0.2) is 0 Å². The summed E-state index contributed by atoms with van der Waals surface area (Å²) in [5.74, 6) is -0.385. The van der Waals surface area contributed by atoms with Crippen molar-refractivity contribution in [2.75, 3.05) is 7.05 Å². The Morgan fingerprint density at radius 2 is 2.08 bits per heavy atom. The topological polar surface area (TPSA) is 63.4 Å². The first-order valence-corrected chi connectivity index (χ1v) is 3.80. The molecule has 0 bridgehead atoms. The van der Waals surface area contributed by atoms with E-state index in [0.717, 1.165) is 0 Å². The van der Waals surface area contributed by atoms with Crippen LogP contribution in [0.15, 0.2) is 11.3 Å². The number of rotatable bonds is 1. The van der Waals surface area contributed by atoms with Crippen molar-refractivity contribution in [3.63, 3.8) is 0 Å². The maximum atomic E-state index is 11.1. The predicted molar refractivity (Wildman–Crippen MR) is 43.9 cm³/mol. The van der Waals surface area contributed by atoms with Crippen LogP contribution in [0.3, 0.4) is 0 Å². The van der Waals surface area contributed by atoms with Crippen molar-refractivity contribution >= 4 is 11.8 Å². The molecule has 4 nitrogen and oxygen atoms in total. The second kappa shape index (κ2) is 2.97. The minimum atomic E-state index is -0.424. The molecule has 0 aromatic rings. The summed E-state index contributed by atoms with van der Waals surface area (Å²) in [5.41, 5.74) is 6.38. The van der Waals surface area contributed by atoms with Gasteiger partial charge in [0, 0.05) is 24.7 Å². The number of hydrogen-bond acceptors (Lipinski definition) is 2. The van der Waals surface area contributed by atoms with Gasteiger partial charge in [-0.1, -0.05) is 0 Å². The van der Waals surface area contributed by atoms with E-state index in [0.29, 0.717) is 24.1 Å². The normalized spacial score (nSPS) is 18.5. The van der Waals surface area contributed by atoms with Crippen LogP contribution < -0.4 is 5.73 Å². The number of amides is 2. The third-order valence-electron chi connectivity index (χ3n) is 2.20. The molecule has 0 atom stereocenters. The molecular formula is C8H12N2O2. The Hall–Kier alpha value is -1.32. The van der Waals surface area contributed by atoms with Gasteiger partial charge in [-0.25, -0.2) is 0 Å². The fourth-order valence-corrected chi connectivity index (χ4v) is 1.27. The highest BCUT2D eigenvalue weighted by molar-refractivity contribution is 5.95. The molecule has 4 heteroatoms. The molecule has 0 saturated heterocycles. The van der Waals surface area contributed by atoms with Gasteiger partial charge in [-0.05, 0) is 13.3 Å². The zero-order valence-corrected chi connectivity index (χ0v) is 7.26. The Bertz CT molecular complexity index is 268. The lowest BCUT2D eigenvalue weighted by molar-refractivity contribution is -0.129. The lowest BCUT2D eigenvalue weighted by Gasteiger charge is -2.25. The Labute approximate surface area is 71.0 Å². The molecule has 0 aromatic carbocycles. The monoisotopic (exact) mass is 168 g/mol. The average Bonchev–Trinajstić information content (AvgIpc) is 2.00. The van der Waals surface area contributed by atoms with E-state index in [-0.39, 0.29) is 5.91 Å². The van der Waals surface area contributed by atoms with Crippen molar-refractivity contribution in [2.24, 2.45) is 5.73 Å². The number of nitrogens with zero attached hydrogens (tertiary/aromatic N) is 1. The molecule has 0 unspecified atom stereocenters. The second-order valence-corrected chi connectivity index (χ2v) is 2.88. The van der Waals surface area contributed by atoms with Crippen LogP contribution in [0.25, 0.3) is 0 Å². The van der Waals surface area contributed by atoms with Gasteiger partial charge in [0.2, 0.25) is 11.8 Å². The summed E-state index contributed by atoms with van der Waals surface area (Å²) >= 11 is 0. The van der Waals surface area contributed by atoms with Crippen molar-refractivity contribution in [3.05, 3.63) is 11.3 Å². The predicted octanol–water partition coefficient (Wildman–Crippen LogP) is -0.00210. The summed E-state index contributed by atoms with van der Waals surface area (Å²) in [5, 5.41) is 0. The molecule has 0 aliphatic carbocycles. The molecule has 0 spiro atoms. The molecule has 2 amide bonds. The lowest BCUT2D eigenvalue weighted by Crippen LogP contribution is -2.33. The van der Waals surface area contributed by atoms with E-state index in [1.807, 2.05) is 0 Å². The first-order chi connectivity index (χ1) is 5.54. The third kappa shape index (κ3) is 1.32. The standard InChI is InChI=1S/C8H12N2O2/c1-5-6(8(9)12)3-4-7(11)10(5)2/h3-4H2,1-2H3,(H2,9,12). The van der Waals surface area contributed by atoms with Gasteiger partial charge < -0.3 is 10.6 Å². The highest BCUT2D eigenvalue weighted by Gasteiger charge is 2.22. The maximum Gasteiger partial charge on any atom is 0.246 e. The molecule has 0 saturated carbocycles. The Kier molecular flexibility index (Phi) is 2.17. The van der Waals surface area contributed by atoms with Crippen molar-refractivity contribution in [1.29, 1.82) is 0 Å². The minimum Gasteiger partial charge on any atom is -0.366 e. The van der Waals surface area contributed by atoms with E-state index >= 15 is 0 Å². The quantitative estimate of drug-likeness (QED) is 0.599. The summed E-state index contributed by atoms with van der Waals surface area (Å²) in [7, 11) is 1.65. The van der Waals surface area contributed by atoms with Crippen molar-refractivity contribution in [1.82, 2.24) is 4.90 Å². The molecule has 1 aliphatic rings. The lowest BCUT2D eigenvalue weighted by atomic mass is 10.0. The summed E-state index contributed by atoms with van der Waals surface area (Å²) < 4.78 is 0. The number of carbonyl (C=O) groups excluding carboxylic acids is 2. The minimum absolute atomic E-state index is 0.0394. The van der Waals surface area contributed by atoms with E-state index in [1.165, 1.54) is 4.90 Å². The van der Waals surface area contributed by atoms with Gasteiger partial charge in [-0.2, -0.15) is 0 Å². The molecule has 66 valence electrons. The molecule has 2 N–H and O–H groups in total. The zero-order chi connectivity index (χ0) is 9.30. The van der Waals surface area contributed by atoms with E-state index in [2.05, 4.69) is 0 Å². The van der Waals surface area contributed by atoms with Gasteiger partial charge in [0.1, 0.15) is 0 Å². The highest BCUT2D eigenvalue weighted by Crippen LogP contribution is 2.20. The highest BCUT2D eigenvalue weighted by atomic mass is 16.2. The maximum absolute atomic E-state index is 11.1. The van der Waals surface area contributed by atoms with E-state index in [1.54, 1.807) is 14.0 Å². The fourth-order valence-electron chi connectivity index (χ4n) is 1.27. The third-order valence-corrected chi connectivity index (χ3v) is 2.20. The molecular weight excluding hydrogens is 156 g/mol. The molecule has 0 radical (unpaired) electrons. The number of nitrogens with two attached hydrogens (primary N) is 1. The van der Waals surface area contributed by atoms with Crippen LogP contribution in [-0.2, 0) is 9.59 Å². The van der Waals surface area contributed by atoms with Gasteiger partial charge >= 0.3 is 0 Å². The number of hydrogen-bond donors (Lipinski definition) is 1. The molecule has 1 aliphatic heterocycles. The van der Waals surface area contributed by atoms with Crippen LogP contribution >= 0.6 is 0 Å². The van der Waals surface area contributed by atoms with Crippen LogP contribution in [0.2, 0.25) is 0 Å². The molecule has 1 rings (SSSR count). The van der Waals surface area contributed by atoms with Gasteiger partial charge in [-0.15, -0.1) is 0 Å². The number of primary amides is 1. The summed E-state index contributed by atoms with van der Waals surface area (Å²) in [6.07, 6.45) is 0.858. The molecule has 12 heavy (non-hydrogen) atoms. The van der Waals surface area contributed by atoms with Crippen molar-refractivity contribution < 1.29 is 9.59 Å². The first-order valence-electron chi connectivity index (χ1n) is 3.80. The van der Waals surface area contributed by atoms with Gasteiger partial charge in [-0.3, -0.25) is 9.59 Å². The van der Waals surface area contributed by atoms with Crippen molar-refractivity contribution in [3.8, 4) is 0 Å². The Morgan fingerprint density at radius 3 is 2.58 bits per heavy atom. The van der Waals surface area contributed by atoms with Crippen LogP contribution in [-0.4, -0.2) is 23.8 Å². The summed E-state index contributed by atoms with van der Waals surface area (Å²) in [4.78, 5) is 23.4. The van der Waals surface area contributed by atoms with Crippen LogP contribution in [0.5, 0.6) is 0 Å². The molecule has 1 heterocycles. The van der Waals surface area contributed by atoms with Crippen LogP contribution in [0, 0.1) is 0 Å². The Balaban J connectivity index is 3.00. The molecule has 0 fully saturated rings. The fraction of sp³-hybridized carbons (Fsp3) is 0.500. The van der Waals surface area contributed by atoms with Gasteiger partial charge in [0.05, 0.1) is 0 Å². The number of carbonyl (C=O) groups is 2. The van der Waals surface area contributed by atoms with E-state index in [4.69, 9.17) is 5.73 Å². The zero-order valence-electron chi connectivity index (χ0n) is 7.26.